The highest BCUT2D eigenvalue weighted by Crippen LogP contribution is 2.12. The lowest BCUT2D eigenvalue weighted by Gasteiger charge is -2.14. The van der Waals surface area contributed by atoms with Crippen molar-refractivity contribution in [2.45, 2.75) is 26.7 Å². The zero-order valence-electron chi connectivity index (χ0n) is 10.9. The van der Waals surface area contributed by atoms with Gasteiger partial charge >= 0.3 is 0 Å². The van der Waals surface area contributed by atoms with Crippen LogP contribution in [0.25, 0.3) is 0 Å². The van der Waals surface area contributed by atoms with Gasteiger partial charge in [0.1, 0.15) is 0 Å². The summed E-state index contributed by atoms with van der Waals surface area (Å²) >= 11 is 0. The summed E-state index contributed by atoms with van der Waals surface area (Å²) in [5.41, 5.74) is 1.77. The van der Waals surface area contributed by atoms with Crippen LogP contribution < -0.4 is 10.6 Å². The van der Waals surface area contributed by atoms with E-state index in [0.29, 0.717) is 11.5 Å². The van der Waals surface area contributed by atoms with Crippen molar-refractivity contribution in [2.24, 2.45) is 5.92 Å². The van der Waals surface area contributed by atoms with E-state index in [2.05, 4.69) is 24.5 Å². The Bertz CT molecular complexity index is 342. The molecule has 1 aromatic carbocycles. The van der Waals surface area contributed by atoms with Crippen molar-refractivity contribution in [1.29, 1.82) is 0 Å². The summed E-state index contributed by atoms with van der Waals surface area (Å²) in [6, 6.07) is 7.59. The van der Waals surface area contributed by atoms with E-state index in [1.165, 1.54) is 12.8 Å². The minimum absolute atomic E-state index is 0.0449. The number of hydrogen-bond donors (Lipinski definition) is 2. The van der Waals surface area contributed by atoms with Gasteiger partial charge < -0.3 is 10.6 Å². The number of amides is 1. The largest absolute Gasteiger partial charge is 0.385 e. The maximum Gasteiger partial charge on any atom is 0.251 e. The van der Waals surface area contributed by atoms with E-state index in [4.69, 9.17) is 0 Å². The maximum atomic E-state index is 11.4. The molecule has 1 rings (SSSR count). The van der Waals surface area contributed by atoms with Crippen LogP contribution >= 0.6 is 0 Å². The van der Waals surface area contributed by atoms with Crippen molar-refractivity contribution in [1.82, 2.24) is 5.32 Å². The Kier molecular flexibility index (Phi) is 5.53. The normalized spacial score (nSPS) is 10.4. The van der Waals surface area contributed by atoms with Gasteiger partial charge in [-0.2, -0.15) is 0 Å². The second kappa shape index (κ2) is 6.94. The van der Waals surface area contributed by atoms with Gasteiger partial charge in [0.05, 0.1) is 0 Å². The van der Waals surface area contributed by atoms with Crippen molar-refractivity contribution >= 4 is 11.6 Å². The van der Waals surface area contributed by atoms with Gasteiger partial charge in [-0.25, -0.2) is 0 Å². The van der Waals surface area contributed by atoms with Gasteiger partial charge in [0.15, 0.2) is 0 Å². The summed E-state index contributed by atoms with van der Waals surface area (Å²) < 4.78 is 0. The van der Waals surface area contributed by atoms with Crippen LogP contribution in [0.4, 0.5) is 5.69 Å². The molecule has 3 nitrogen and oxygen atoms in total. The topological polar surface area (TPSA) is 41.1 Å². The van der Waals surface area contributed by atoms with Crippen LogP contribution in [-0.4, -0.2) is 19.5 Å². The molecule has 0 aliphatic carbocycles. The number of carbonyl (C=O) groups excluding carboxylic acids is 1. The molecular formula is C14H22N2O. The van der Waals surface area contributed by atoms with Crippen LogP contribution in [-0.2, 0) is 0 Å². The van der Waals surface area contributed by atoms with Crippen molar-refractivity contribution in [3.63, 3.8) is 0 Å². The molecule has 0 saturated heterocycles. The first-order chi connectivity index (χ1) is 8.21. The number of benzene rings is 1. The van der Waals surface area contributed by atoms with Gasteiger partial charge in [-0.15, -0.1) is 0 Å². The molecule has 0 aromatic heterocycles. The molecule has 1 amide bonds. The number of anilines is 1. The number of nitrogens with one attached hydrogen (secondary N) is 2. The van der Waals surface area contributed by atoms with Gasteiger partial charge in [-0.1, -0.05) is 26.7 Å². The standard InChI is InChI=1S/C14H22N2O/c1-4-11(5-2)10-16-13-8-6-12(7-9-13)14(17)15-3/h6-9,11,16H,4-5,10H2,1-3H3,(H,15,17). The third-order valence-electron chi connectivity index (χ3n) is 3.12. The maximum absolute atomic E-state index is 11.4. The lowest BCUT2D eigenvalue weighted by Crippen LogP contribution is -2.17. The molecule has 17 heavy (non-hydrogen) atoms. The fraction of sp³-hybridized carbons (Fsp3) is 0.500. The van der Waals surface area contributed by atoms with E-state index in [1.807, 2.05) is 24.3 Å². The summed E-state index contributed by atoms with van der Waals surface area (Å²) in [6.45, 7) is 5.42. The predicted octanol–water partition coefficient (Wildman–Crippen LogP) is 2.89. The fourth-order valence-electron chi connectivity index (χ4n) is 1.72. The molecule has 94 valence electrons. The third-order valence-corrected chi connectivity index (χ3v) is 3.12. The lowest BCUT2D eigenvalue weighted by molar-refractivity contribution is 0.0963. The summed E-state index contributed by atoms with van der Waals surface area (Å²) in [7, 11) is 1.64. The monoisotopic (exact) mass is 234 g/mol. The molecule has 0 heterocycles. The minimum Gasteiger partial charge on any atom is -0.385 e. The van der Waals surface area contributed by atoms with E-state index >= 15 is 0 Å². The van der Waals surface area contributed by atoms with E-state index in [0.717, 1.165) is 12.2 Å². The average molecular weight is 234 g/mol. The summed E-state index contributed by atoms with van der Waals surface area (Å²) in [4.78, 5) is 11.4. The molecule has 0 unspecified atom stereocenters. The number of hydrogen-bond acceptors (Lipinski definition) is 2. The molecule has 0 atom stereocenters. The van der Waals surface area contributed by atoms with Gasteiger partial charge in [-0.3, -0.25) is 4.79 Å². The molecule has 0 fully saturated rings. The minimum atomic E-state index is -0.0449. The molecule has 2 N–H and O–H groups in total. The smallest absolute Gasteiger partial charge is 0.251 e. The molecule has 0 bridgehead atoms. The van der Waals surface area contributed by atoms with Crippen LogP contribution in [0.1, 0.15) is 37.0 Å². The number of carbonyl (C=O) groups is 1. The molecule has 0 aliphatic heterocycles. The summed E-state index contributed by atoms with van der Waals surface area (Å²) in [6.07, 6.45) is 2.39. The Morgan fingerprint density at radius 1 is 1.18 bits per heavy atom. The van der Waals surface area contributed by atoms with Crippen molar-refractivity contribution in [2.75, 3.05) is 18.9 Å². The summed E-state index contributed by atoms with van der Waals surface area (Å²) in [5.74, 6) is 0.671. The fourth-order valence-corrected chi connectivity index (χ4v) is 1.72. The SMILES string of the molecule is CCC(CC)CNc1ccc(C(=O)NC)cc1. The van der Waals surface area contributed by atoms with Crippen LogP contribution in [0.2, 0.25) is 0 Å². The second-order valence-electron chi connectivity index (χ2n) is 4.22. The molecule has 0 spiro atoms. The zero-order chi connectivity index (χ0) is 12.7. The highest BCUT2D eigenvalue weighted by atomic mass is 16.1. The van der Waals surface area contributed by atoms with Crippen LogP contribution in [0.3, 0.4) is 0 Å². The Hall–Kier alpha value is -1.51. The molecule has 0 radical (unpaired) electrons. The van der Waals surface area contributed by atoms with Gasteiger partial charge in [0, 0.05) is 24.8 Å². The first kappa shape index (κ1) is 13.6. The van der Waals surface area contributed by atoms with Gasteiger partial charge in [-0.05, 0) is 30.2 Å². The van der Waals surface area contributed by atoms with Gasteiger partial charge in [0.25, 0.3) is 5.91 Å². The van der Waals surface area contributed by atoms with E-state index in [-0.39, 0.29) is 5.91 Å². The lowest BCUT2D eigenvalue weighted by atomic mass is 10.0. The van der Waals surface area contributed by atoms with E-state index < -0.39 is 0 Å². The Morgan fingerprint density at radius 2 is 1.76 bits per heavy atom. The van der Waals surface area contributed by atoms with Crippen molar-refractivity contribution < 1.29 is 4.79 Å². The molecule has 0 aliphatic rings. The first-order valence-electron chi connectivity index (χ1n) is 6.27. The van der Waals surface area contributed by atoms with Gasteiger partial charge in [0.2, 0.25) is 0 Å². The zero-order valence-corrected chi connectivity index (χ0v) is 10.9. The predicted molar refractivity (Wildman–Crippen MR) is 72.4 cm³/mol. The Labute approximate surface area is 104 Å². The van der Waals surface area contributed by atoms with E-state index in [9.17, 15) is 4.79 Å². The van der Waals surface area contributed by atoms with Crippen molar-refractivity contribution in [3.8, 4) is 0 Å². The molecule has 0 saturated carbocycles. The highest BCUT2D eigenvalue weighted by molar-refractivity contribution is 5.94. The van der Waals surface area contributed by atoms with Crippen molar-refractivity contribution in [3.05, 3.63) is 29.8 Å². The number of rotatable bonds is 6. The Morgan fingerprint density at radius 3 is 2.24 bits per heavy atom. The summed E-state index contributed by atoms with van der Waals surface area (Å²) in [5, 5.41) is 6.01. The van der Waals surface area contributed by atoms with E-state index in [1.54, 1.807) is 7.05 Å². The first-order valence-corrected chi connectivity index (χ1v) is 6.27. The molecular weight excluding hydrogens is 212 g/mol. The third kappa shape index (κ3) is 4.10. The van der Waals surface area contributed by atoms with Crippen LogP contribution in [0, 0.1) is 5.92 Å². The second-order valence-corrected chi connectivity index (χ2v) is 4.22. The van der Waals surface area contributed by atoms with Crippen LogP contribution in [0.5, 0.6) is 0 Å². The quantitative estimate of drug-likeness (QED) is 0.794. The molecule has 3 heteroatoms. The molecule has 1 aromatic rings. The van der Waals surface area contributed by atoms with Crippen LogP contribution in [0.15, 0.2) is 24.3 Å². The highest BCUT2D eigenvalue weighted by Gasteiger charge is 2.04. The average Bonchev–Trinajstić information content (AvgIpc) is 2.39. The Balaban J connectivity index is 2.53.